The van der Waals surface area contributed by atoms with Crippen LogP contribution in [0.1, 0.15) is 28.4 Å². The van der Waals surface area contributed by atoms with Crippen molar-refractivity contribution in [3.8, 4) is 5.75 Å². The number of alkyl halides is 3. The summed E-state index contributed by atoms with van der Waals surface area (Å²) in [5.41, 5.74) is 0.390. The molecule has 0 saturated heterocycles. The van der Waals surface area contributed by atoms with Gasteiger partial charge in [-0.25, -0.2) is 4.99 Å². The first-order valence-corrected chi connectivity index (χ1v) is 9.05. The monoisotopic (exact) mass is 536 g/mol. The molecule has 0 spiro atoms. The molecule has 0 unspecified atom stereocenters. The average Bonchev–Trinajstić information content (AvgIpc) is 2.69. The number of halogens is 4. The maximum Gasteiger partial charge on any atom is 0.416 e. The molecule has 30 heavy (non-hydrogen) atoms. The Bertz CT molecular complexity index is 825. The summed E-state index contributed by atoms with van der Waals surface area (Å²) in [6.45, 7) is 3.46. The van der Waals surface area contributed by atoms with Crippen molar-refractivity contribution in [3.63, 3.8) is 0 Å². The van der Waals surface area contributed by atoms with Gasteiger partial charge < -0.3 is 21.1 Å². The summed E-state index contributed by atoms with van der Waals surface area (Å²) in [6, 6.07) is 10.8. The van der Waals surface area contributed by atoms with E-state index in [1.807, 2.05) is 6.92 Å². The fourth-order valence-corrected chi connectivity index (χ4v) is 2.38. The molecule has 10 heteroatoms. The summed E-state index contributed by atoms with van der Waals surface area (Å²) in [5, 5.41) is 18.1. The van der Waals surface area contributed by atoms with Crippen molar-refractivity contribution in [2.45, 2.75) is 19.6 Å². The largest absolute Gasteiger partial charge is 0.508 e. The lowest BCUT2D eigenvalue weighted by Crippen LogP contribution is -2.41. The van der Waals surface area contributed by atoms with Crippen molar-refractivity contribution in [3.05, 3.63) is 65.2 Å². The molecule has 0 radical (unpaired) electrons. The lowest BCUT2D eigenvalue weighted by atomic mass is 10.1. The lowest BCUT2D eigenvalue weighted by Gasteiger charge is -2.12. The summed E-state index contributed by atoms with van der Waals surface area (Å²) in [4.78, 5) is 16.3. The van der Waals surface area contributed by atoms with Gasteiger partial charge in [0.05, 0.1) is 12.1 Å². The normalized spacial score (nSPS) is 11.4. The van der Waals surface area contributed by atoms with E-state index in [4.69, 9.17) is 0 Å². The van der Waals surface area contributed by atoms with Crippen molar-refractivity contribution >= 4 is 35.8 Å². The summed E-state index contributed by atoms with van der Waals surface area (Å²) in [6.07, 6.45) is -4.36. The number of rotatable bonds is 7. The van der Waals surface area contributed by atoms with Crippen molar-refractivity contribution < 1.29 is 23.1 Å². The van der Waals surface area contributed by atoms with Gasteiger partial charge in [-0.15, -0.1) is 24.0 Å². The standard InChI is InChI=1S/C20H23F3N4O2.HI/c1-2-24-19(27-13-14-3-7-16(8-4-14)20(21,22)23)26-12-11-25-18(29)15-5-9-17(28)10-6-15;/h3-10,28H,2,11-13H2,1H3,(H,25,29)(H2,24,26,27);1H. The third kappa shape index (κ3) is 8.47. The van der Waals surface area contributed by atoms with E-state index in [-0.39, 0.29) is 42.2 Å². The van der Waals surface area contributed by atoms with Crippen LogP contribution in [-0.4, -0.2) is 36.6 Å². The zero-order valence-corrected chi connectivity index (χ0v) is 18.6. The summed E-state index contributed by atoms with van der Waals surface area (Å²) in [7, 11) is 0. The Morgan fingerprint density at radius 3 is 2.13 bits per heavy atom. The second-order valence-corrected chi connectivity index (χ2v) is 6.12. The van der Waals surface area contributed by atoms with E-state index in [0.717, 1.165) is 12.1 Å². The van der Waals surface area contributed by atoms with Gasteiger partial charge in [0.2, 0.25) is 0 Å². The highest BCUT2D eigenvalue weighted by molar-refractivity contribution is 14.0. The van der Waals surface area contributed by atoms with E-state index in [9.17, 15) is 23.1 Å². The maximum atomic E-state index is 12.6. The van der Waals surface area contributed by atoms with Gasteiger partial charge in [0.25, 0.3) is 5.91 Å². The number of amides is 1. The number of guanidine groups is 1. The smallest absolute Gasteiger partial charge is 0.416 e. The Balaban J connectivity index is 0.00000450. The quantitative estimate of drug-likeness (QED) is 0.189. The van der Waals surface area contributed by atoms with Gasteiger partial charge in [-0.1, -0.05) is 12.1 Å². The molecule has 2 aromatic carbocycles. The highest BCUT2D eigenvalue weighted by atomic mass is 127. The predicted molar refractivity (Wildman–Crippen MR) is 120 cm³/mol. The van der Waals surface area contributed by atoms with Gasteiger partial charge >= 0.3 is 6.18 Å². The highest BCUT2D eigenvalue weighted by Crippen LogP contribution is 2.29. The molecule has 2 aromatic rings. The fraction of sp³-hybridized carbons (Fsp3) is 0.300. The third-order valence-corrected chi connectivity index (χ3v) is 3.88. The number of nitrogens with zero attached hydrogens (tertiary/aromatic N) is 1. The molecule has 2 rings (SSSR count). The first kappa shape index (κ1) is 25.5. The van der Waals surface area contributed by atoms with Crippen molar-refractivity contribution in [1.82, 2.24) is 16.0 Å². The third-order valence-electron chi connectivity index (χ3n) is 3.88. The molecule has 164 valence electrons. The van der Waals surface area contributed by atoms with Gasteiger partial charge in [-0.05, 0) is 48.9 Å². The van der Waals surface area contributed by atoms with Crippen molar-refractivity contribution in [1.29, 1.82) is 0 Å². The first-order chi connectivity index (χ1) is 13.8. The molecular formula is C20H24F3IN4O2. The Morgan fingerprint density at radius 2 is 1.57 bits per heavy atom. The average molecular weight is 536 g/mol. The van der Waals surface area contributed by atoms with Gasteiger partial charge in [-0.3, -0.25) is 4.79 Å². The maximum absolute atomic E-state index is 12.6. The first-order valence-electron chi connectivity index (χ1n) is 9.05. The molecule has 4 N–H and O–H groups in total. The van der Waals surface area contributed by atoms with Gasteiger partial charge in [-0.2, -0.15) is 13.2 Å². The topological polar surface area (TPSA) is 85.8 Å². The van der Waals surface area contributed by atoms with Crippen molar-refractivity contribution in [2.24, 2.45) is 4.99 Å². The molecule has 6 nitrogen and oxygen atoms in total. The Hall–Kier alpha value is -2.50. The Morgan fingerprint density at radius 1 is 0.967 bits per heavy atom. The van der Waals surface area contributed by atoms with Crippen LogP contribution in [0, 0.1) is 0 Å². The number of benzene rings is 2. The number of aromatic hydroxyl groups is 1. The molecule has 0 atom stereocenters. The minimum Gasteiger partial charge on any atom is -0.508 e. The van der Waals surface area contributed by atoms with E-state index in [1.165, 1.54) is 36.4 Å². The van der Waals surface area contributed by atoms with E-state index in [0.29, 0.717) is 36.7 Å². The SMILES string of the molecule is CCNC(=NCc1ccc(C(F)(F)F)cc1)NCCNC(=O)c1ccc(O)cc1.I. The summed E-state index contributed by atoms with van der Waals surface area (Å²) >= 11 is 0. The molecule has 0 fully saturated rings. The van der Waals surface area contributed by atoms with E-state index in [1.54, 1.807) is 0 Å². The molecule has 0 heterocycles. The number of phenols is 1. The van der Waals surface area contributed by atoms with E-state index in [2.05, 4.69) is 20.9 Å². The number of hydrogen-bond acceptors (Lipinski definition) is 3. The van der Waals surface area contributed by atoms with E-state index >= 15 is 0 Å². The zero-order valence-electron chi connectivity index (χ0n) is 16.3. The molecule has 1 amide bonds. The van der Waals surface area contributed by atoms with Gasteiger partial charge in [0.1, 0.15) is 5.75 Å². The fourth-order valence-electron chi connectivity index (χ4n) is 2.38. The number of aliphatic imine (C=N–C) groups is 1. The van der Waals surface area contributed by atoms with E-state index < -0.39 is 11.7 Å². The Labute approximate surface area is 190 Å². The molecule has 0 aromatic heterocycles. The molecule has 0 aliphatic carbocycles. The van der Waals surface area contributed by atoms with Crippen molar-refractivity contribution in [2.75, 3.05) is 19.6 Å². The predicted octanol–water partition coefficient (Wildman–Crippen LogP) is 3.51. The van der Waals surface area contributed by atoms with Crippen LogP contribution in [0.25, 0.3) is 0 Å². The molecular weight excluding hydrogens is 512 g/mol. The van der Waals surface area contributed by atoms with Crippen LogP contribution in [0.2, 0.25) is 0 Å². The van der Waals surface area contributed by atoms with Gasteiger partial charge in [0, 0.05) is 25.2 Å². The lowest BCUT2D eigenvalue weighted by molar-refractivity contribution is -0.137. The number of carbonyl (C=O) groups is 1. The summed E-state index contributed by atoms with van der Waals surface area (Å²) in [5.74, 6) is 0.313. The van der Waals surface area contributed by atoms with Crippen LogP contribution < -0.4 is 16.0 Å². The second kappa shape index (κ2) is 12.3. The van der Waals surface area contributed by atoms with Crippen LogP contribution in [0.5, 0.6) is 5.75 Å². The molecule has 0 aliphatic heterocycles. The highest BCUT2D eigenvalue weighted by Gasteiger charge is 2.29. The molecule has 0 aliphatic rings. The van der Waals surface area contributed by atoms with Crippen LogP contribution in [0.4, 0.5) is 13.2 Å². The minimum atomic E-state index is -4.36. The molecule has 0 saturated carbocycles. The van der Waals surface area contributed by atoms with Crippen LogP contribution in [0.15, 0.2) is 53.5 Å². The summed E-state index contributed by atoms with van der Waals surface area (Å²) < 4.78 is 37.8. The number of nitrogens with one attached hydrogen (secondary N) is 3. The second-order valence-electron chi connectivity index (χ2n) is 6.12. The minimum absolute atomic E-state index is 0. The zero-order chi connectivity index (χ0) is 21.3. The molecule has 0 bridgehead atoms. The number of phenolic OH excluding ortho intramolecular Hbond substituents is 1. The van der Waals surface area contributed by atoms with Crippen LogP contribution in [-0.2, 0) is 12.7 Å². The van der Waals surface area contributed by atoms with Gasteiger partial charge in [0.15, 0.2) is 5.96 Å². The Kier molecular flexibility index (Phi) is 10.4. The van der Waals surface area contributed by atoms with Crippen LogP contribution in [0.3, 0.4) is 0 Å². The number of hydrogen-bond donors (Lipinski definition) is 4. The van der Waals surface area contributed by atoms with Crippen LogP contribution >= 0.6 is 24.0 Å². The number of carbonyl (C=O) groups excluding carboxylic acids is 1.